The molecule has 1 saturated heterocycles. The van der Waals surface area contributed by atoms with Crippen LogP contribution < -0.4 is 5.32 Å². The van der Waals surface area contributed by atoms with Crippen molar-refractivity contribution in [3.63, 3.8) is 0 Å². The molecule has 2 rings (SSSR count). The quantitative estimate of drug-likeness (QED) is 0.862. The Morgan fingerprint density at radius 3 is 2.94 bits per heavy atom. The van der Waals surface area contributed by atoms with Gasteiger partial charge >= 0.3 is 0 Å². The molecule has 2 nitrogen and oxygen atoms in total. The molecule has 0 aliphatic carbocycles. The maximum Gasteiger partial charge on any atom is 0.122 e. The lowest BCUT2D eigenvalue weighted by molar-refractivity contribution is 0.0277. The molecule has 0 amide bonds. The number of hydrogen-bond donors (Lipinski definition) is 1. The maximum atomic E-state index is 13.1. The van der Waals surface area contributed by atoms with Crippen LogP contribution in [0.25, 0.3) is 0 Å². The maximum absolute atomic E-state index is 13.1. The van der Waals surface area contributed by atoms with Gasteiger partial charge in [-0.05, 0) is 18.6 Å². The molecule has 0 radical (unpaired) electrons. The Morgan fingerprint density at radius 1 is 1.56 bits per heavy atom. The van der Waals surface area contributed by atoms with E-state index in [-0.39, 0.29) is 6.10 Å². The summed E-state index contributed by atoms with van der Waals surface area (Å²) >= 11 is 6.13. The molecule has 2 unspecified atom stereocenters. The second-order valence-electron chi connectivity index (χ2n) is 3.96. The molecule has 88 valence electrons. The first kappa shape index (κ1) is 11.8. The average Bonchev–Trinajstić information content (AvgIpc) is 2.30. The molecule has 0 aromatic heterocycles. The third-order valence-electron chi connectivity index (χ3n) is 2.76. The van der Waals surface area contributed by atoms with E-state index in [0.717, 1.165) is 18.7 Å². The summed E-state index contributed by atoms with van der Waals surface area (Å²) in [6, 6.07) is 5.30. The zero-order valence-corrected chi connectivity index (χ0v) is 9.93. The van der Waals surface area contributed by atoms with E-state index >= 15 is 0 Å². The highest BCUT2D eigenvalue weighted by Gasteiger charge is 2.19. The molecule has 1 aliphatic heterocycles. The largest absolute Gasteiger partial charge is 0.371 e. The number of morpholine rings is 1. The van der Waals surface area contributed by atoms with Gasteiger partial charge in [0.2, 0.25) is 0 Å². The zero-order chi connectivity index (χ0) is 11.5. The van der Waals surface area contributed by atoms with Crippen molar-refractivity contribution in [3.8, 4) is 0 Å². The molecule has 1 fully saturated rings. The average molecular weight is 244 g/mol. The predicted octanol–water partition coefficient (Wildman–Crippen LogP) is 3.03. The van der Waals surface area contributed by atoms with Crippen molar-refractivity contribution in [3.05, 3.63) is 34.3 Å². The van der Waals surface area contributed by atoms with Crippen LogP contribution in [0.15, 0.2) is 18.2 Å². The number of ether oxygens (including phenoxy) is 1. The number of rotatable bonds is 2. The third-order valence-corrected chi connectivity index (χ3v) is 3.09. The van der Waals surface area contributed by atoms with Crippen LogP contribution in [0, 0.1) is 0 Å². The van der Waals surface area contributed by atoms with E-state index in [9.17, 15) is 4.39 Å². The summed E-state index contributed by atoms with van der Waals surface area (Å²) in [6.07, 6.45) is -1.01. The SMILES string of the molecule is CC(F)c1ccc(C2CNCCO2)c(Cl)c1. The summed E-state index contributed by atoms with van der Waals surface area (Å²) in [6.45, 7) is 3.81. The molecule has 4 heteroatoms. The summed E-state index contributed by atoms with van der Waals surface area (Å²) in [5, 5.41) is 3.82. The summed E-state index contributed by atoms with van der Waals surface area (Å²) in [5.74, 6) is 0. The molecular weight excluding hydrogens is 229 g/mol. The Labute approximate surface area is 99.7 Å². The first-order valence-corrected chi connectivity index (χ1v) is 5.82. The molecule has 2 atom stereocenters. The van der Waals surface area contributed by atoms with Crippen molar-refractivity contribution in [2.24, 2.45) is 0 Å². The first-order chi connectivity index (χ1) is 7.68. The third kappa shape index (κ3) is 2.54. The Morgan fingerprint density at radius 2 is 2.38 bits per heavy atom. The van der Waals surface area contributed by atoms with Gasteiger partial charge in [-0.2, -0.15) is 0 Å². The zero-order valence-electron chi connectivity index (χ0n) is 9.17. The summed E-state index contributed by atoms with van der Waals surface area (Å²) < 4.78 is 18.7. The van der Waals surface area contributed by atoms with Crippen molar-refractivity contribution in [1.29, 1.82) is 0 Å². The van der Waals surface area contributed by atoms with Crippen molar-refractivity contribution < 1.29 is 9.13 Å². The highest BCUT2D eigenvalue weighted by molar-refractivity contribution is 6.31. The highest BCUT2D eigenvalue weighted by Crippen LogP contribution is 2.29. The molecule has 1 heterocycles. The summed E-state index contributed by atoms with van der Waals surface area (Å²) in [7, 11) is 0. The van der Waals surface area contributed by atoms with Crippen LogP contribution in [0.4, 0.5) is 4.39 Å². The Bertz CT molecular complexity index is 364. The van der Waals surface area contributed by atoms with E-state index in [1.54, 1.807) is 12.1 Å². The Hall–Kier alpha value is -0.640. The van der Waals surface area contributed by atoms with Gasteiger partial charge in [0, 0.05) is 23.7 Å². The number of alkyl halides is 1. The van der Waals surface area contributed by atoms with Crippen LogP contribution in [0.5, 0.6) is 0 Å². The number of nitrogens with one attached hydrogen (secondary N) is 1. The van der Waals surface area contributed by atoms with Crippen LogP contribution in [0.2, 0.25) is 5.02 Å². The predicted molar refractivity (Wildman–Crippen MR) is 62.5 cm³/mol. The van der Waals surface area contributed by atoms with Gasteiger partial charge in [0.05, 0.1) is 12.7 Å². The molecule has 16 heavy (non-hydrogen) atoms. The first-order valence-electron chi connectivity index (χ1n) is 5.44. The van der Waals surface area contributed by atoms with Crippen LogP contribution in [-0.4, -0.2) is 19.7 Å². The van der Waals surface area contributed by atoms with Gasteiger partial charge in [-0.25, -0.2) is 4.39 Å². The van der Waals surface area contributed by atoms with Crippen molar-refractivity contribution in [2.75, 3.05) is 19.7 Å². The lowest BCUT2D eigenvalue weighted by Gasteiger charge is -2.25. The summed E-state index contributed by atoms with van der Waals surface area (Å²) in [4.78, 5) is 0. The van der Waals surface area contributed by atoms with E-state index in [1.165, 1.54) is 6.92 Å². The molecule has 0 spiro atoms. The van der Waals surface area contributed by atoms with Crippen LogP contribution in [0.1, 0.15) is 30.3 Å². The van der Waals surface area contributed by atoms with Crippen LogP contribution in [0.3, 0.4) is 0 Å². The molecule has 1 aromatic carbocycles. The standard InChI is InChI=1S/C12H15ClFNO/c1-8(14)9-2-3-10(11(13)6-9)12-7-15-4-5-16-12/h2-3,6,8,12,15H,4-5,7H2,1H3. The topological polar surface area (TPSA) is 21.3 Å². The minimum absolute atomic E-state index is 0.0229. The van der Waals surface area contributed by atoms with Crippen molar-refractivity contribution >= 4 is 11.6 Å². The lowest BCUT2D eigenvalue weighted by atomic mass is 10.0. The fraction of sp³-hybridized carbons (Fsp3) is 0.500. The number of hydrogen-bond acceptors (Lipinski definition) is 2. The highest BCUT2D eigenvalue weighted by atomic mass is 35.5. The van der Waals surface area contributed by atoms with Crippen LogP contribution >= 0.6 is 11.6 Å². The fourth-order valence-corrected chi connectivity index (χ4v) is 2.13. The molecule has 0 saturated carbocycles. The second-order valence-corrected chi connectivity index (χ2v) is 4.37. The number of halogens is 2. The normalized spacial score (nSPS) is 23.1. The van der Waals surface area contributed by atoms with Gasteiger partial charge in [-0.3, -0.25) is 0 Å². The molecule has 1 aromatic rings. The minimum Gasteiger partial charge on any atom is -0.371 e. The number of benzene rings is 1. The summed E-state index contributed by atoms with van der Waals surface area (Å²) in [5.41, 5.74) is 1.54. The van der Waals surface area contributed by atoms with Gasteiger partial charge < -0.3 is 10.1 Å². The monoisotopic (exact) mass is 243 g/mol. The minimum atomic E-state index is -0.989. The Kier molecular flexibility index (Phi) is 3.79. The fourth-order valence-electron chi connectivity index (χ4n) is 1.82. The van der Waals surface area contributed by atoms with E-state index in [1.807, 2.05) is 6.07 Å². The second kappa shape index (κ2) is 5.13. The van der Waals surface area contributed by atoms with Crippen molar-refractivity contribution in [1.82, 2.24) is 5.32 Å². The van der Waals surface area contributed by atoms with E-state index < -0.39 is 6.17 Å². The smallest absolute Gasteiger partial charge is 0.122 e. The molecular formula is C12H15ClFNO. The van der Waals surface area contributed by atoms with Gasteiger partial charge in [0.1, 0.15) is 6.17 Å². The van der Waals surface area contributed by atoms with Gasteiger partial charge in [0.25, 0.3) is 0 Å². The van der Waals surface area contributed by atoms with E-state index in [2.05, 4.69) is 5.32 Å². The Balaban J connectivity index is 2.21. The van der Waals surface area contributed by atoms with Crippen LogP contribution in [-0.2, 0) is 4.74 Å². The molecule has 1 N–H and O–H groups in total. The van der Waals surface area contributed by atoms with Gasteiger partial charge in [0.15, 0.2) is 0 Å². The molecule has 0 bridgehead atoms. The van der Waals surface area contributed by atoms with E-state index in [4.69, 9.17) is 16.3 Å². The van der Waals surface area contributed by atoms with Crippen molar-refractivity contribution in [2.45, 2.75) is 19.2 Å². The lowest BCUT2D eigenvalue weighted by Crippen LogP contribution is -2.33. The molecule has 1 aliphatic rings. The van der Waals surface area contributed by atoms with E-state index in [0.29, 0.717) is 17.2 Å². The van der Waals surface area contributed by atoms with Gasteiger partial charge in [-0.15, -0.1) is 0 Å². The van der Waals surface area contributed by atoms with Gasteiger partial charge in [-0.1, -0.05) is 23.7 Å².